The van der Waals surface area contributed by atoms with E-state index in [1.54, 1.807) is 6.08 Å². The van der Waals surface area contributed by atoms with Crippen LogP contribution >= 0.6 is 0 Å². The van der Waals surface area contributed by atoms with E-state index in [1.807, 2.05) is 20.8 Å². The summed E-state index contributed by atoms with van der Waals surface area (Å²) in [5.74, 6) is 0.214. The highest BCUT2D eigenvalue weighted by Gasteiger charge is 2.02. The number of ether oxygens (including phenoxy) is 1. The summed E-state index contributed by atoms with van der Waals surface area (Å²) >= 11 is 0. The molecule has 0 aliphatic heterocycles. The first-order valence-corrected chi connectivity index (χ1v) is 3.47. The standard InChI is InChI=1S/C8H14O2/c1-4-5-10-8(9)6-7(2)3/h4-5,7H,6H2,1-3H3. The second-order valence-corrected chi connectivity index (χ2v) is 2.56. The van der Waals surface area contributed by atoms with E-state index in [0.717, 1.165) is 0 Å². The fourth-order valence-electron chi connectivity index (χ4n) is 0.525. The lowest BCUT2D eigenvalue weighted by molar-refractivity contribution is -0.138. The SMILES string of the molecule is CC=COC(=O)CC(C)C. The van der Waals surface area contributed by atoms with Gasteiger partial charge in [0.1, 0.15) is 0 Å². The summed E-state index contributed by atoms with van der Waals surface area (Å²) < 4.78 is 4.68. The van der Waals surface area contributed by atoms with Gasteiger partial charge in [0.05, 0.1) is 6.26 Å². The Bertz CT molecular complexity index is 125. The van der Waals surface area contributed by atoms with Gasteiger partial charge in [-0.25, -0.2) is 0 Å². The Labute approximate surface area is 61.9 Å². The van der Waals surface area contributed by atoms with Crippen LogP contribution in [0.1, 0.15) is 27.2 Å². The van der Waals surface area contributed by atoms with E-state index < -0.39 is 0 Å². The van der Waals surface area contributed by atoms with Crippen LogP contribution in [0.15, 0.2) is 12.3 Å². The Morgan fingerprint density at radius 1 is 1.60 bits per heavy atom. The predicted molar refractivity (Wildman–Crippen MR) is 40.4 cm³/mol. The van der Waals surface area contributed by atoms with Crippen molar-refractivity contribution in [3.05, 3.63) is 12.3 Å². The molecule has 2 nitrogen and oxygen atoms in total. The fourth-order valence-corrected chi connectivity index (χ4v) is 0.525. The average Bonchev–Trinajstić information content (AvgIpc) is 1.82. The average molecular weight is 142 g/mol. The first-order valence-electron chi connectivity index (χ1n) is 3.47. The van der Waals surface area contributed by atoms with E-state index in [9.17, 15) is 4.79 Å². The molecular formula is C8H14O2. The summed E-state index contributed by atoms with van der Waals surface area (Å²) in [6, 6.07) is 0. The van der Waals surface area contributed by atoms with Gasteiger partial charge in [-0.3, -0.25) is 4.79 Å². The summed E-state index contributed by atoms with van der Waals surface area (Å²) in [6.45, 7) is 5.77. The minimum Gasteiger partial charge on any atom is -0.435 e. The zero-order valence-corrected chi connectivity index (χ0v) is 6.76. The number of carbonyl (C=O) groups is 1. The molecule has 10 heavy (non-hydrogen) atoms. The molecule has 0 heterocycles. The molecule has 0 amide bonds. The highest BCUT2D eigenvalue weighted by atomic mass is 16.5. The van der Waals surface area contributed by atoms with Gasteiger partial charge in [-0.15, -0.1) is 0 Å². The number of esters is 1. The molecule has 0 aromatic heterocycles. The van der Waals surface area contributed by atoms with Crippen LogP contribution in [-0.4, -0.2) is 5.97 Å². The molecular weight excluding hydrogens is 128 g/mol. The molecule has 0 radical (unpaired) electrons. The van der Waals surface area contributed by atoms with Crippen LogP contribution in [0.3, 0.4) is 0 Å². The van der Waals surface area contributed by atoms with Crippen LogP contribution in [0.4, 0.5) is 0 Å². The largest absolute Gasteiger partial charge is 0.435 e. The minimum absolute atomic E-state index is 0.159. The maximum absolute atomic E-state index is 10.7. The number of rotatable bonds is 3. The lowest BCUT2D eigenvalue weighted by Gasteiger charge is -2.00. The Hall–Kier alpha value is -0.790. The molecule has 0 rings (SSSR count). The van der Waals surface area contributed by atoms with Gasteiger partial charge >= 0.3 is 5.97 Å². The number of allylic oxidation sites excluding steroid dienone is 1. The molecule has 0 aromatic rings. The topological polar surface area (TPSA) is 26.3 Å². The lowest BCUT2D eigenvalue weighted by atomic mass is 10.1. The zero-order valence-electron chi connectivity index (χ0n) is 6.76. The maximum atomic E-state index is 10.7. The van der Waals surface area contributed by atoms with Crippen molar-refractivity contribution in [3.8, 4) is 0 Å². The third-order valence-electron chi connectivity index (χ3n) is 0.910. The molecule has 0 bridgehead atoms. The molecule has 2 heteroatoms. The van der Waals surface area contributed by atoms with Gasteiger partial charge in [0.2, 0.25) is 0 Å². The molecule has 0 atom stereocenters. The molecule has 0 saturated carbocycles. The first-order chi connectivity index (χ1) is 4.66. The van der Waals surface area contributed by atoms with Gasteiger partial charge < -0.3 is 4.74 Å². The third kappa shape index (κ3) is 5.35. The lowest BCUT2D eigenvalue weighted by Crippen LogP contribution is -2.03. The van der Waals surface area contributed by atoms with E-state index in [0.29, 0.717) is 12.3 Å². The van der Waals surface area contributed by atoms with Gasteiger partial charge in [0.15, 0.2) is 0 Å². The van der Waals surface area contributed by atoms with Crippen LogP contribution < -0.4 is 0 Å². The van der Waals surface area contributed by atoms with Gasteiger partial charge in [-0.2, -0.15) is 0 Å². The molecule has 0 aliphatic carbocycles. The second-order valence-electron chi connectivity index (χ2n) is 2.56. The Balaban J connectivity index is 3.44. The number of hydrogen-bond acceptors (Lipinski definition) is 2. The van der Waals surface area contributed by atoms with Crippen molar-refractivity contribution in [1.82, 2.24) is 0 Å². The summed E-state index contributed by atoms with van der Waals surface area (Å²) in [4.78, 5) is 10.7. The molecule has 0 unspecified atom stereocenters. The Morgan fingerprint density at radius 2 is 2.20 bits per heavy atom. The van der Waals surface area contributed by atoms with E-state index in [-0.39, 0.29) is 5.97 Å². The third-order valence-corrected chi connectivity index (χ3v) is 0.910. The van der Waals surface area contributed by atoms with Crippen molar-refractivity contribution in [3.63, 3.8) is 0 Å². The summed E-state index contributed by atoms with van der Waals surface area (Å²) in [5, 5.41) is 0. The van der Waals surface area contributed by atoms with Crippen LogP contribution in [0.25, 0.3) is 0 Å². The van der Waals surface area contributed by atoms with Gasteiger partial charge in [0.25, 0.3) is 0 Å². The molecule has 58 valence electrons. The number of carbonyl (C=O) groups excluding carboxylic acids is 1. The molecule has 0 N–H and O–H groups in total. The van der Waals surface area contributed by atoms with E-state index >= 15 is 0 Å². The Kier molecular flexibility index (Phi) is 4.63. The summed E-state index contributed by atoms with van der Waals surface area (Å²) in [5.41, 5.74) is 0. The Morgan fingerprint density at radius 3 is 2.60 bits per heavy atom. The van der Waals surface area contributed by atoms with Crippen molar-refractivity contribution in [2.24, 2.45) is 5.92 Å². The quantitative estimate of drug-likeness (QED) is 0.445. The second kappa shape index (κ2) is 5.03. The van der Waals surface area contributed by atoms with Crippen LogP contribution in [-0.2, 0) is 9.53 Å². The predicted octanol–water partition coefficient (Wildman–Crippen LogP) is 2.11. The van der Waals surface area contributed by atoms with E-state index in [2.05, 4.69) is 4.74 Å². The highest BCUT2D eigenvalue weighted by molar-refractivity contribution is 5.70. The molecule has 0 aromatic carbocycles. The van der Waals surface area contributed by atoms with Crippen molar-refractivity contribution >= 4 is 5.97 Å². The van der Waals surface area contributed by atoms with Crippen molar-refractivity contribution < 1.29 is 9.53 Å². The summed E-state index contributed by atoms with van der Waals surface area (Å²) in [7, 11) is 0. The van der Waals surface area contributed by atoms with E-state index in [4.69, 9.17) is 0 Å². The van der Waals surface area contributed by atoms with Crippen LogP contribution in [0, 0.1) is 5.92 Å². The monoisotopic (exact) mass is 142 g/mol. The van der Waals surface area contributed by atoms with Gasteiger partial charge in [-0.05, 0) is 12.8 Å². The normalized spacial score (nSPS) is 10.8. The van der Waals surface area contributed by atoms with Gasteiger partial charge in [0, 0.05) is 6.42 Å². The smallest absolute Gasteiger partial charge is 0.310 e. The minimum atomic E-state index is -0.159. The van der Waals surface area contributed by atoms with Crippen molar-refractivity contribution in [2.45, 2.75) is 27.2 Å². The maximum Gasteiger partial charge on any atom is 0.310 e. The zero-order chi connectivity index (χ0) is 7.98. The summed E-state index contributed by atoms with van der Waals surface area (Å²) in [6.07, 6.45) is 3.59. The van der Waals surface area contributed by atoms with E-state index in [1.165, 1.54) is 6.26 Å². The van der Waals surface area contributed by atoms with Crippen LogP contribution in [0.2, 0.25) is 0 Å². The number of hydrogen-bond donors (Lipinski definition) is 0. The molecule has 0 aliphatic rings. The van der Waals surface area contributed by atoms with Crippen molar-refractivity contribution in [2.75, 3.05) is 0 Å². The van der Waals surface area contributed by atoms with Crippen LogP contribution in [0.5, 0.6) is 0 Å². The van der Waals surface area contributed by atoms with Crippen molar-refractivity contribution in [1.29, 1.82) is 0 Å². The molecule has 0 saturated heterocycles. The molecule has 0 spiro atoms. The first kappa shape index (κ1) is 9.21. The molecule has 0 fully saturated rings. The fraction of sp³-hybridized carbons (Fsp3) is 0.625. The van der Waals surface area contributed by atoms with Gasteiger partial charge in [-0.1, -0.05) is 19.9 Å². The highest BCUT2D eigenvalue weighted by Crippen LogP contribution is 2.00.